The first-order valence-electron chi connectivity index (χ1n) is 13.6. The molecule has 2 aromatic heterocycles. The monoisotopic (exact) mass is 602 g/mol. The number of aromatic carboxylic acids is 1. The van der Waals surface area contributed by atoms with E-state index in [1.807, 2.05) is 13.8 Å². The maximum Gasteiger partial charge on any atom is 0.338 e. The molecule has 0 radical (unpaired) electrons. The van der Waals surface area contributed by atoms with E-state index >= 15 is 0 Å². The summed E-state index contributed by atoms with van der Waals surface area (Å²) in [5.41, 5.74) is 2.66. The van der Waals surface area contributed by atoms with Crippen molar-refractivity contribution in [3.8, 4) is 22.8 Å². The van der Waals surface area contributed by atoms with Gasteiger partial charge in [0.15, 0.2) is 16.3 Å². The summed E-state index contributed by atoms with van der Waals surface area (Å²) in [6, 6.07) is 12.8. The lowest BCUT2D eigenvalue weighted by atomic mass is 9.95. The SMILES string of the molecule is CCOC(=O)C1=C(C)N=c2s/c(=C\c3ccc(-c4ccc(C(=O)O)cc4C)o3)c(=O)n2[C@H]1c1ccc(OC)c(OCC)c1. The molecule has 0 aliphatic carbocycles. The normalized spacial score (nSPS) is 14.7. The Morgan fingerprint density at radius 3 is 2.53 bits per heavy atom. The van der Waals surface area contributed by atoms with E-state index in [2.05, 4.69) is 4.99 Å². The zero-order chi connectivity index (χ0) is 30.8. The van der Waals surface area contributed by atoms with Crippen LogP contribution in [0.5, 0.6) is 11.5 Å². The largest absolute Gasteiger partial charge is 0.493 e. The number of thiazole rings is 1. The molecule has 2 aromatic carbocycles. The van der Waals surface area contributed by atoms with Gasteiger partial charge in [-0.3, -0.25) is 9.36 Å². The van der Waals surface area contributed by atoms with Crippen molar-refractivity contribution in [2.45, 2.75) is 33.7 Å². The van der Waals surface area contributed by atoms with E-state index in [9.17, 15) is 19.5 Å². The van der Waals surface area contributed by atoms with Crippen LogP contribution in [-0.4, -0.2) is 41.9 Å². The van der Waals surface area contributed by atoms with Crippen LogP contribution in [0.25, 0.3) is 17.4 Å². The van der Waals surface area contributed by atoms with Gasteiger partial charge >= 0.3 is 11.9 Å². The van der Waals surface area contributed by atoms with Gasteiger partial charge in [-0.2, -0.15) is 0 Å². The zero-order valence-electron chi connectivity index (χ0n) is 24.3. The van der Waals surface area contributed by atoms with E-state index < -0.39 is 18.0 Å². The lowest BCUT2D eigenvalue weighted by Crippen LogP contribution is -2.39. The minimum atomic E-state index is -1.01. The van der Waals surface area contributed by atoms with E-state index in [0.717, 1.165) is 11.1 Å². The number of carbonyl (C=O) groups excluding carboxylic acids is 1. The Morgan fingerprint density at radius 1 is 1.07 bits per heavy atom. The second-order valence-electron chi connectivity index (χ2n) is 9.68. The highest BCUT2D eigenvalue weighted by atomic mass is 32.1. The summed E-state index contributed by atoms with van der Waals surface area (Å²) in [7, 11) is 1.54. The fraction of sp³-hybridized carbons (Fsp3) is 0.250. The van der Waals surface area contributed by atoms with Crippen LogP contribution in [-0.2, 0) is 9.53 Å². The minimum absolute atomic E-state index is 0.166. The molecule has 0 amide bonds. The Balaban J connectivity index is 1.63. The molecule has 4 aromatic rings. The van der Waals surface area contributed by atoms with Gasteiger partial charge in [0.25, 0.3) is 5.56 Å². The summed E-state index contributed by atoms with van der Waals surface area (Å²) in [6.07, 6.45) is 1.63. The Kier molecular flexibility index (Phi) is 8.36. The first-order valence-corrected chi connectivity index (χ1v) is 14.4. The predicted molar refractivity (Wildman–Crippen MR) is 160 cm³/mol. The van der Waals surface area contributed by atoms with Crippen LogP contribution in [0.3, 0.4) is 0 Å². The number of carbonyl (C=O) groups is 2. The standard InChI is InChI=1S/C32H30N2O8S/c1-6-40-25-15-19(9-12-24(25)39-5)28-27(31(38)41-7-2)18(4)33-32-34(28)29(35)26(43-32)16-21-10-13-23(42-21)22-11-8-20(30(36)37)14-17(22)3/h8-16,28H,6-7H2,1-5H3,(H,36,37)/b26-16-/t28-/m0/s1. The minimum Gasteiger partial charge on any atom is -0.493 e. The highest BCUT2D eigenvalue weighted by molar-refractivity contribution is 7.07. The molecule has 0 saturated heterocycles. The molecule has 1 aliphatic heterocycles. The Morgan fingerprint density at radius 2 is 1.86 bits per heavy atom. The van der Waals surface area contributed by atoms with E-state index in [1.54, 1.807) is 69.5 Å². The predicted octanol–water partition coefficient (Wildman–Crippen LogP) is 4.47. The lowest BCUT2D eigenvalue weighted by molar-refractivity contribution is -0.139. The molecule has 222 valence electrons. The summed E-state index contributed by atoms with van der Waals surface area (Å²) in [5, 5.41) is 9.27. The van der Waals surface area contributed by atoms with E-state index in [4.69, 9.17) is 18.6 Å². The van der Waals surface area contributed by atoms with Crippen LogP contribution in [0.1, 0.15) is 54.1 Å². The van der Waals surface area contributed by atoms with Crippen molar-refractivity contribution >= 4 is 29.4 Å². The average molecular weight is 603 g/mol. The number of carboxylic acids is 1. The Labute approximate surface area is 250 Å². The summed E-state index contributed by atoms with van der Waals surface area (Å²) < 4.78 is 24.5. The molecule has 5 rings (SSSR count). The number of aromatic nitrogens is 1. The molecule has 11 heteroatoms. The number of allylic oxidation sites excluding steroid dienone is 1. The highest BCUT2D eigenvalue weighted by Gasteiger charge is 2.34. The third-order valence-corrected chi connectivity index (χ3v) is 7.94. The molecular formula is C32H30N2O8S. The fourth-order valence-corrected chi connectivity index (χ4v) is 6.04. The van der Waals surface area contributed by atoms with Crippen LogP contribution in [0.4, 0.5) is 0 Å². The van der Waals surface area contributed by atoms with Crippen molar-refractivity contribution in [2.75, 3.05) is 20.3 Å². The van der Waals surface area contributed by atoms with Gasteiger partial charge in [0, 0.05) is 11.6 Å². The van der Waals surface area contributed by atoms with Crippen molar-refractivity contribution in [1.82, 2.24) is 4.57 Å². The topological polar surface area (TPSA) is 130 Å². The molecule has 0 spiro atoms. The van der Waals surface area contributed by atoms with Crippen molar-refractivity contribution in [1.29, 1.82) is 0 Å². The summed E-state index contributed by atoms with van der Waals surface area (Å²) in [5.74, 6) is 0.414. The van der Waals surface area contributed by atoms with Gasteiger partial charge in [-0.1, -0.05) is 23.5 Å². The maximum absolute atomic E-state index is 14.0. The molecule has 0 saturated carbocycles. The second kappa shape index (κ2) is 12.1. The molecule has 0 bridgehead atoms. The van der Waals surface area contributed by atoms with Crippen LogP contribution < -0.4 is 24.4 Å². The van der Waals surface area contributed by atoms with Gasteiger partial charge in [0.05, 0.1) is 47.7 Å². The van der Waals surface area contributed by atoms with Crippen molar-refractivity contribution in [2.24, 2.45) is 4.99 Å². The number of hydrogen-bond donors (Lipinski definition) is 1. The van der Waals surface area contributed by atoms with Crippen LogP contribution in [0.2, 0.25) is 0 Å². The number of rotatable bonds is 9. The first-order chi connectivity index (χ1) is 20.7. The molecule has 10 nitrogen and oxygen atoms in total. The van der Waals surface area contributed by atoms with E-state index in [0.29, 0.717) is 50.2 Å². The molecule has 1 N–H and O–H groups in total. The summed E-state index contributed by atoms with van der Waals surface area (Å²) in [4.78, 5) is 43.5. The maximum atomic E-state index is 14.0. The molecule has 0 unspecified atom stereocenters. The van der Waals surface area contributed by atoms with Crippen LogP contribution in [0.15, 0.2) is 74.0 Å². The number of benzene rings is 2. The third-order valence-electron chi connectivity index (χ3n) is 6.96. The van der Waals surface area contributed by atoms with Gasteiger partial charge in [-0.15, -0.1) is 0 Å². The highest BCUT2D eigenvalue weighted by Crippen LogP contribution is 2.36. The lowest BCUT2D eigenvalue weighted by Gasteiger charge is -2.25. The van der Waals surface area contributed by atoms with Crippen molar-refractivity contribution in [3.63, 3.8) is 0 Å². The summed E-state index contributed by atoms with van der Waals surface area (Å²) >= 11 is 1.18. The number of methoxy groups -OCH3 is 1. The van der Waals surface area contributed by atoms with Gasteiger partial charge < -0.3 is 23.7 Å². The van der Waals surface area contributed by atoms with Gasteiger partial charge in [0.2, 0.25) is 0 Å². The van der Waals surface area contributed by atoms with Crippen LogP contribution in [0, 0.1) is 6.92 Å². The first kappa shape index (κ1) is 29.6. The number of ether oxygens (including phenoxy) is 3. The quantitative estimate of drug-likeness (QED) is 0.278. The Hall–Kier alpha value is -4.90. The molecule has 1 aliphatic rings. The number of fused-ring (bicyclic) bond motifs is 1. The summed E-state index contributed by atoms with van der Waals surface area (Å²) in [6.45, 7) is 7.67. The third kappa shape index (κ3) is 5.63. The number of carboxylic acid groups (broad SMARTS) is 1. The molecule has 3 heterocycles. The molecule has 43 heavy (non-hydrogen) atoms. The van der Waals surface area contributed by atoms with Crippen LogP contribution >= 0.6 is 11.3 Å². The van der Waals surface area contributed by atoms with Gasteiger partial charge in [0.1, 0.15) is 11.5 Å². The van der Waals surface area contributed by atoms with Crippen molar-refractivity contribution in [3.05, 3.63) is 102 Å². The number of esters is 1. The fourth-order valence-electron chi connectivity index (χ4n) is 5.02. The number of hydrogen-bond acceptors (Lipinski definition) is 9. The Bertz CT molecular complexity index is 1950. The smallest absolute Gasteiger partial charge is 0.338 e. The van der Waals surface area contributed by atoms with Crippen molar-refractivity contribution < 1.29 is 33.3 Å². The molecule has 0 fully saturated rings. The number of furan rings is 1. The number of nitrogens with zero attached hydrogens (tertiary/aromatic N) is 2. The average Bonchev–Trinajstić information content (AvgIpc) is 3.56. The molecular weight excluding hydrogens is 572 g/mol. The van der Waals surface area contributed by atoms with E-state index in [-0.39, 0.29) is 23.3 Å². The second-order valence-corrected chi connectivity index (χ2v) is 10.7. The van der Waals surface area contributed by atoms with Gasteiger partial charge in [-0.05, 0) is 75.2 Å². The zero-order valence-corrected chi connectivity index (χ0v) is 25.1. The van der Waals surface area contributed by atoms with Gasteiger partial charge in [-0.25, -0.2) is 14.6 Å². The van der Waals surface area contributed by atoms with E-state index in [1.165, 1.54) is 22.0 Å². The number of aryl methyl sites for hydroxylation is 1. The molecule has 1 atom stereocenters.